The molecule has 0 heterocycles. The molecule has 0 aliphatic carbocycles. The van der Waals surface area contributed by atoms with Crippen LogP contribution in [0, 0.1) is 5.92 Å². The molecule has 0 radical (unpaired) electrons. The van der Waals surface area contributed by atoms with Gasteiger partial charge in [-0.15, -0.1) is 0 Å². The lowest BCUT2D eigenvalue weighted by molar-refractivity contribution is 0.316. The molecule has 0 bridgehead atoms. The predicted molar refractivity (Wildman–Crippen MR) is 60.1 cm³/mol. The van der Waals surface area contributed by atoms with E-state index in [0.717, 1.165) is 12.5 Å². The highest BCUT2D eigenvalue weighted by atomic mass is 15.1. The lowest BCUT2D eigenvalue weighted by atomic mass is 10.0. The number of hydrogen-bond acceptors (Lipinski definition) is 2. The van der Waals surface area contributed by atoms with E-state index >= 15 is 0 Å². The fourth-order valence-corrected chi connectivity index (χ4v) is 1.40. The van der Waals surface area contributed by atoms with E-state index in [0.29, 0.717) is 6.04 Å². The molecule has 2 nitrogen and oxygen atoms in total. The van der Waals surface area contributed by atoms with Gasteiger partial charge in [0.25, 0.3) is 0 Å². The maximum Gasteiger partial charge on any atom is 0.0102 e. The summed E-state index contributed by atoms with van der Waals surface area (Å²) in [7, 11) is 4.27. The van der Waals surface area contributed by atoms with Crippen LogP contribution in [0.1, 0.15) is 33.6 Å². The predicted octanol–water partition coefficient (Wildman–Crippen LogP) is 1.96. The van der Waals surface area contributed by atoms with Gasteiger partial charge in [0.05, 0.1) is 0 Å². The van der Waals surface area contributed by atoms with Gasteiger partial charge in [-0.3, -0.25) is 0 Å². The molecular formula is C11H26N2. The van der Waals surface area contributed by atoms with Crippen LogP contribution in [0.5, 0.6) is 0 Å². The molecule has 1 unspecified atom stereocenters. The second-order valence-electron chi connectivity index (χ2n) is 4.40. The second-order valence-corrected chi connectivity index (χ2v) is 4.40. The third-order valence-electron chi connectivity index (χ3n) is 2.35. The van der Waals surface area contributed by atoms with Crippen molar-refractivity contribution in [1.29, 1.82) is 0 Å². The van der Waals surface area contributed by atoms with Crippen LogP contribution in [0.4, 0.5) is 0 Å². The molecule has 2 heteroatoms. The second kappa shape index (κ2) is 7.34. The highest BCUT2D eigenvalue weighted by Gasteiger charge is 2.11. The minimum Gasteiger partial charge on any atom is -0.314 e. The third kappa shape index (κ3) is 7.03. The fourth-order valence-electron chi connectivity index (χ4n) is 1.40. The van der Waals surface area contributed by atoms with E-state index in [4.69, 9.17) is 0 Å². The molecule has 0 saturated heterocycles. The molecule has 0 fully saturated rings. The molecule has 0 aromatic heterocycles. The Morgan fingerprint density at radius 2 is 1.85 bits per heavy atom. The molecule has 0 aromatic rings. The zero-order valence-electron chi connectivity index (χ0n) is 9.93. The van der Waals surface area contributed by atoms with Gasteiger partial charge in [-0.2, -0.15) is 0 Å². The van der Waals surface area contributed by atoms with Crippen LogP contribution in [-0.2, 0) is 0 Å². The zero-order chi connectivity index (χ0) is 10.3. The lowest BCUT2D eigenvalue weighted by Gasteiger charge is -2.23. The van der Waals surface area contributed by atoms with E-state index < -0.39 is 0 Å². The molecule has 0 aliphatic rings. The van der Waals surface area contributed by atoms with Gasteiger partial charge in [-0.05, 0) is 45.9 Å². The first-order valence-corrected chi connectivity index (χ1v) is 5.46. The van der Waals surface area contributed by atoms with Crippen molar-refractivity contribution in [2.75, 3.05) is 27.2 Å². The first-order chi connectivity index (χ1) is 6.07. The van der Waals surface area contributed by atoms with Crippen molar-refractivity contribution in [3.05, 3.63) is 0 Å². The zero-order valence-corrected chi connectivity index (χ0v) is 9.93. The number of rotatable bonds is 7. The van der Waals surface area contributed by atoms with Gasteiger partial charge in [-0.1, -0.05) is 20.8 Å². The van der Waals surface area contributed by atoms with Gasteiger partial charge in [0.15, 0.2) is 0 Å². The number of nitrogens with one attached hydrogen (secondary N) is 1. The molecule has 0 rings (SSSR count). The Labute approximate surface area is 83.7 Å². The molecular weight excluding hydrogens is 160 g/mol. The van der Waals surface area contributed by atoms with E-state index in [2.05, 4.69) is 45.1 Å². The molecule has 13 heavy (non-hydrogen) atoms. The van der Waals surface area contributed by atoms with Crippen molar-refractivity contribution in [2.24, 2.45) is 5.92 Å². The van der Waals surface area contributed by atoms with Crippen molar-refractivity contribution in [2.45, 2.75) is 39.7 Å². The summed E-state index contributed by atoms with van der Waals surface area (Å²) in [5.74, 6) is 0.742. The molecule has 0 aromatic carbocycles. The molecule has 1 atom stereocenters. The van der Waals surface area contributed by atoms with Gasteiger partial charge in [-0.25, -0.2) is 0 Å². The molecule has 0 aliphatic heterocycles. The summed E-state index contributed by atoms with van der Waals surface area (Å²) in [5.41, 5.74) is 0. The minimum atomic E-state index is 0.683. The van der Waals surface area contributed by atoms with Crippen molar-refractivity contribution < 1.29 is 0 Å². The van der Waals surface area contributed by atoms with E-state index in [-0.39, 0.29) is 0 Å². The quantitative estimate of drug-likeness (QED) is 0.654. The minimum absolute atomic E-state index is 0.683. The van der Waals surface area contributed by atoms with Gasteiger partial charge in [0, 0.05) is 6.04 Å². The van der Waals surface area contributed by atoms with Crippen molar-refractivity contribution in [3.63, 3.8) is 0 Å². The van der Waals surface area contributed by atoms with Gasteiger partial charge in [0.1, 0.15) is 0 Å². The van der Waals surface area contributed by atoms with Crippen LogP contribution in [0.15, 0.2) is 0 Å². The fraction of sp³-hybridized carbons (Fsp3) is 1.00. The maximum atomic E-state index is 3.60. The molecule has 0 amide bonds. The molecule has 80 valence electrons. The van der Waals surface area contributed by atoms with E-state index in [1.165, 1.54) is 19.4 Å². The van der Waals surface area contributed by atoms with E-state index in [1.807, 2.05) is 0 Å². The highest BCUT2D eigenvalue weighted by Crippen LogP contribution is 2.06. The van der Waals surface area contributed by atoms with Gasteiger partial charge >= 0.3 is 0 Å². The van der Waals surface area contributed by atoms with Crippen LogP contribution in [0.3, 0.4) is 0 Å². The Balaban J connectivity index is 3.67. The Morgan fingerprint density at radius 3 is 2.23 bits per heavy atom. The monoisotopic (exact) mass is 186 g/mol. The largest absolute Gasteiger partial charge is 0.314 e. The first kappa shape index (κ1) is 12.9. The first-order valence-electron chi connectivity index (χ1n) is 5.46. The summed E-state index contributed by atoms with van der Waals surface area (Å²) >= 11 is 0. The summed E-state index contributed by atoms with van der Waals surface area (Å²) < 4.78 is 0. The smallest absolute Gasteiger partial charge is 0.0102 e. The van der Waals surface area contributed by atoms with Crippen molar-refractivity contribution in [1.82, 2.24) is 10.2 Å². The maximum absolute atomic E-state index is 3.60. The average Bonchev–Trinajstić information content (AvgIpc) is 2.03. The van der Waals surface area contributed by atoms with Crippen LogP contribution in [0.2, 0.25) is 0 Å². The van der Waals surface area contributed by atoms with Crippen molar-refractivity contribution >= 4 is 0 Å². The van der Waals surface area contributed by atoms with Gasteiger partial charge < -0.3 is 10.2 Å². The van der Waals surface area contributed by atoms with E-state index in [9.17, 15) is 0 Å². The Kier molecular flexibility index (Phi) is 7.29. The summed E-state index contributed by atoms with van der Waals surface area (Å²) in [5, 5.41) is 3.60. The van der Waals surface area contributed by atoms with Gasteiger partial charge in [0.2, 0.25) is 0 Å². The summed E-state index contributed by atoms with van der Waals surface area (Å²) in [6.07, 6.45) is 2.48. The Morgan fingerprint density at radius 1 is 1.23 bits per heavy atom. The van der Waals surface area contributed by atoms with Crippen LogP contribution >= 0.6 is 0 Å². The number of nitrogens with zero attached hydrogens (tertiary/aromatic N) is 1. The molecule has 1 N–H and O–H groups in total. The van der Waals surface area contributed by atoms with Crippen LogP contribution in [0.25, 0.3) is 0 Å². The van der Waals surface area contributed by atoms with Crippen LogP contribution < -0.4 is 5.32 Å². The summed E-state index contributed by atoms with van der Waals surface area (Å²) in [4.78, 5) is 2.25. The topological polar surface area (TPSA) is 15.3 Å². The third-order valence-corrected chi connectivity index (χ3v) is 2.35. The normalized spacial score (nSPS) is 14.1. The summed E-state index contributed by atoms with van der Waals surface area (Å²) in [6.45, 7) is 9.14. The molecule has 0 spiro atoms. The van der Waals surface area contributed by atoms with Crippen molar-refractivity contribution in [3.8, 4) is 0 Å². The van der Waals surface area contributed by atoms with Crippen LogP contribution in [-0.4, -0.2) is 38.1 Å². The lowest BCUT2D eigenvalue weighted by Crippen LogP contribution is -2.36. The average molecular weight is 186 g/mol. The van der Waals surface area contributed by atoms with E-state index in [1.54, 1.807) is 0 Å². The highest BCUT2D eigenvalue weighted by molar-refractivity contribution is 4.71. The SMILES string of the molecule is CCCNC(CCN(C)C)C(C)C. The molecule has 0 saturated carbocycles. The standard InChI is InChI=1S/C11H26N2/c1-6-8-12-11(10(2)3)7-9-13(4)5/h10-12H,6-9H2,1-5H3. The number of hydrogen-bond donors (Lipinski definition) is 1. The Hall–Kier alpha value is -0.0800. The Bertz CT molecular complexity index is 111. The summed E-state index contributed by atoms with van der Waals surface area (Å²) in [6, 6.07) is 0.683.